The Morgan fingerprint density at radius 3 is 2.92 bits per heavy atom. The second-order valence-electron chi connectivity index (χ2n) is 5.55. The van der Waals surface area contributed by atoms with E-state index in [0.29, 0.717) is 29.7 Å². The van der Waals surface area contributed by atoms with E-state index in [1.165, 1.54) is 18.0 Å². The number of likely N-dealkylation sites (tertiary alicyclic amines) is 1. The standard InChI is InChI=1S/C15H17F2N5O2/c1-18-14(23)11-3-2-6-22(11)15(24)19-8-4-5-9-10(7-8)21-13(20-9)12(16)17/h4-5,7,11-12H,2-3,6H2,1H3,(H,18,23)(H,19,24)(H,20,21). The lowest BCUT2D eigenvalue weighted by Gasteiger charge is -2.23. The molecule has 1 saturated heterocycles. The molecule has 2 aromatic rings. The normalized spacial score (nSPS) is 17.5. The second-order valence-corrected chi connectivity index (χ2v) is 5.55. The molecule has 1 aliphatic heterocycles. The molecule has 3 N–H and O–H groups in total. The van der Waals surface area contributed by atoms with Gasteiger partial charge >= 0.3 is 6.03 Å². The molecule has 0 bridgehead atoms. The molecule has 1 aromatic heterocycles. The largest absolute Gasteiger partial charge is 0.357 e. The SMILES string of the molecule is CNC(=O)C1CCCN1C(=O)Nc1ccc2nc(C(F)F)[nH]c2c1. The first-order valence-corrected chi connectivity index (χ1v) is 7.56. The predicted molar refractivity (Wildman–Crippen MR) is 83.9 cm³/mol. The van der Waals surface area contributed by atoms with Crippen LogP contribution in [0.5, 0.6) is 0 Å². The number of hydrogen-bond acceptors (Lipinski definition) is 3. The summed E-state index contributed by atoms with van der Waals surface area (Å²) < 4.78 is 25.3. The first-order chi connectivity index (χ1) is 11.5. The highest BCUT2D eigenvalue weighted by molar-refractivity contribution is 5.95. The number of fused-ring (bicyclic) bond motifs is 1. The van der Waals surface area contributed by atoms with Gasteiger partial charge in [-0.25, -0.2) is 18.6 Å². The van der Waals surface area contributed by atoms with Crippen molar-refractivity contribution in [1.29, 1.82) is 0 Å². The van der Waals surface area contributed by atoms with Crippen LogP contribution < -0.4 is 10.6 Å². The van der Waals surface area contributed by atoms with Gasteiger partial charge in [-0.3, -0.25) is 4.79 Å². The Bertz CT molecular complexity index is 776. The van der Waals surface area contributed by atoms with E-state index in [1.54, 1.807) is 12.1 Å². The monoisotopic (exact) mass is 337 g/mol. The number of rotatable bonds is 3. The molecule has 128 valence electrons. The topological polar surface area (TPSA) is 90.1 Å². The van der Waals surface area contributed by atoms with E-state index in [-0.39, 0.29) is 5.91 Å². The second kappa shape index (κ2) is 6.42. The van der Waals surface area contributed by atoms with Crippen molar-refractivity contribution in [3.05, 3.63) is 24.0 Å². The minimum atomic E-state index is -2.69. The molecule has 24 heavy (non-hydrogen) atoms. The molecule has 3 amide bonds. The van der Waals surface area contributed by atoms with E-state index in [1.807, 2.05) is 0 Å². The maximum atomic E-state index is 12.7. The molecule has 1 atom stereocenters. The van der Waals surface area contributed by atoms with Crippen LogP contribution in [0.3, 0.4) is 0 Å². The van der Waals surface area contributed by atoms with Gasteiger partial charge in [-0.15, -0.1) is 0 Å². The average molecular weight is 337 g/mol. The highest BCUT2D eigenvalue weighted by Crippen LogP contribution is 2.23. The van der Waals surface area contributed by atoms with Crippen LogP contribution in [0.2, 0.25) is 0 Å². The molecule has 1 fully saturated rings. The average Bonchev–Trinajstić information content (AvgIpc) is 3.20. The molecule has 0 radical (unpaired) electrons. The Hall–Kier alpha value is -2.71. The summed E-state index contributed by atoms with van der Waals surface area (Å²) in [7, 11) is 1.53. The number of urea groups is 1. The molecule has 3 rings (SSSR count). The lowest BCUT2D eigenvalue weighted by molar-refractivity contribution is -0.124. The summed E-state index contributed by atoms with van der Waals surface area (Å²) in [5, 5.41) is 5.24. The Morgan fingerprint density at radius 1 is 1.42 bits per heavy atom. The number of hydrogen-bond donors (Lipinski definition) is 3. The summed E-state index contributed by atoms with van der Waals surface area (Å²) in [6, 6.07) is 3.79. The number of amides is 3. The Morgan fingerprint density at radius 2 is 2.21 bits per heavy atom. The predicted octanol–water partition coefficient (Wildman–Crippen LogP) is 2.24. The smallest absolute Gasteiger partial charge is 0.322 e. The number of H-pyrrole nitrogens is 1. The van der Waals surface area contributed by atoms with E-state index in [9.17, 15) is 18.4 Å². The van der Waals surface area contributed by atoms with Crippen molar-refractivity contribution in [2.75, 3.05) is 18.9 Å². The highest BCUT2D eigenvalue weighted by Gasteiger charge is 2.33. The number of carbonyl (C=O) groups excluding carboxylic acids is 2. The maximum Gasteiger partial charge on any atom is 0.322 e. The van der Waals surface area contributed by atoms with Crippen molar-refractivity contribution >= 4 is 28.7 Å². The lowest BCUT2D eigenvalue weighted by Crippen LogP contribution is -2.46. The van der Waals surface area contributed by atoms with Crippen LogP contribution in [0.1, 0.15) is 25.1 Å². The van der Waals surface area contributed by atoms with Crippen LogP contribution in [0.25, 0.3) is 11.0 Å². The molecule has 9 heteroatoms. The van der Waals surface area contributed by atoms with Crippen LogP contribution in [-0.2, 0) is 4.79 Å². The fourth-order valence-corrected chi connectivity index (χ4v) is 2.85. The number of anilines is 1. The number of alkyl halides is 2. The summed E-state index contributed by atoms with van der Waals surface area (Å²) >= 11 is 0. The van der Waals surface area contributed by atoms with Gasteiger partial charge in [0.25, 0.3) is 6.43 Å². The van der Waals surface area contributed by atoms with Crippen molar-refractivity contribution < 1.29 is 18.4 Å². The van der Waals surface area contributed by atoms with Crippen molar-refractivity contribution in [1.82, 2.24) is 20.2 Å². The number of nitrogens with zero attached hydrogens (tertiary/aromatic N) is 2. The molecular formula is C15H17F2N5O2. The zero-order chi connectivity index (χ0) is 17.3. The number of nitrogens with one attached hydrogen (secondary N) is 3. The van der Waals surface area contributed by atoms with Crippen LogP contribution in [0.4, 0.5) is 19.3 Å². The molecule has 1 aliphatic rings. The molecule has 1 aromatic carbocycles. The van der Waals surface area contributed by atoms with Gasteiger partial charge in [-0.05, 0) is 31.0 Å². The minimum Gasteiger partial charge on any atom is -0.357 e. The number of benzene rings is 1. The molecular weight excluding hydrogens is 320 g/mol. The highest BCUT2D eigenvalue weighted by atomic mass is 19.3. The summed E-state index contributed by atoms with van der Waals surface area (Å²) in [5.41, 5.74) is 1.25. The molecule has 2 heterocycles. The van der Waals surface area contributed by atoms with Crippen molar-refractivity contribution in [2.24, 2.45) is 0 Å². The number of halogens is 2. The quantitative estimate of drug-likeness (QED) is 0.802. The van der Waals surface area contributed by atoms with Gasteiger partial charge in [0, 0.05) is 19.3 Å². The summed E-state index contributed by atoms with van der Waals surface area (Å²) in [4.78, 5) is 32.0. The Balaban J connectivity index is 1.76. The third-order valence-electron chi connectivity index (χ3n) is 4.02. The van der Waals surface area contributed by atoms with E-state index >= 15 is 0 Å². The number of imidazole rings is 1. The Kier molecular flexibility index (Phi) is 4.32. The van der Waals surface area contributed by atoms with Crippen LogP contribution in [0.15, 0.2) is 18.2 Å². The minimum absolute atomic E-state index is 0.201. The van der Waals surface area contributed by atoms with Gasteiger partial charge in [0.05, 0.1) is 11.0 Å². The van der Waals surface area contributed by atoms with Gasteiger partial charge in [-0.1, -0.05) is 0 Å². The van der Waals surface area contributed by atoms with Gasteiger partial charge in [0.15, 0.2) is 5.82 Å². The zero-order valence-electron chi connectivity index (χ0n) is 13.0. The fraction of sp³-hybridized carbons (Fsp3) is 0.400. The van der Waals surface area contributed by atoms with Crippen LogP contribution >= 0.6 is 0 Å². The zero-order valence-corrected chi connectivity index (χ0v) is 13.0. The third-order valence-corrected chi connectivity index (χ3v) is 4.02. The van der Waals surface area contributed by atoms with Crippen LogP contribution in [-0.4, -0.2) is 46.4 Å². The number of aromatic amines is 1. The van der Waals surface area contributed by atoms with Crippen LogP contribution in [0, 0.1) is 0 Å². The molecule has 0 aliphatic carbocycles. The first kappa shape index (κ1) is 16.2. The summed E-state index contributed by atoms with van der Waals surface area (Å²) in [6.07, 6.45) is -1.32. The van der Waals surface area contributed by atoms with Gasteiger partial charge in [-0.2, -0.15) is 0 Å². The van der Waals surface area contributed by atoms with Crippen molar-refractivity contribution in [3.8, 4) is 0 Å². The van der Waals surface area contributed by atoms with Gasteiger partial charge < -0.3 is 20.5 Å². The van der Waals surface area contributed by atoms with Gasteiger partial charge in [0.2, 0.25) is 5.91 Å². The van der Waals surface area contributed by atoms with E-state index in [0.717, 1.165) is 6.42 Å². The Labute approximate surface area is 136 Å². The van der Waals surface area contributed by atoms with E-state index in [4.69, 9.17) is 0 Å². The maximum absolute atomic E-state index is 12.7. The van der Waals surface area contributed by atoms with Crippen molar-refractivity contribution in [2.45, 2.75) is 25.3 Å². The molecule has 1 unspecified atom stereocenters. The molecule has 0 saturated carbocycles. The first-order valence-electron chi connectivity index (χ1n) is 7.56. The number of aromatic nitrogens is 2. The van der Waals surface area contributed by atoms with Gasteiger partial charge in [0.1, 0.15) is 6.04 Å². The molecule has 0 spiro atoms. The summed E-state index contributed by atoms with van der Waals surface area (Å²) in [6.45, 7) is 0.492. The number of carbonyl (C=O) groups is 2. The van der Waals surface area contributed by atoms with Crippen molar-refractivity contribution in [3.63, 3.8) is 0 Å². The van der Waals surface area contributed by atoms with E-state index in [2.05, 4.69) is 20.6 Å². The molecule has 7 nitrogen and oxygen atoms in total. The third kappa shape index (κ3) is 3.01. The van der Waals surface area contributed by atoms with E-state index < -0.39 is 24.3 Å². The number of likely N-dealkylation sites (N-methyl/N-ethyl adjacent to an activating group) is 1. The fourth-order valence-electron chi connectivity index (χ4n) is 2.85. The summed E-state index contributed by atoms with van der Waals surface area (Å²) in [5.74, 6) is -0.610. The lowest BCUT2D eigenvalue weighted by atomic mass is 10.2.